The minimum atomic E-state index is -0.281. The third kappa shape index (κ3) is 4.19. The molecule has 0 spiro atoms. The van der Waals surface area contributed by atoms with Gasteiger partial charge in [0, 0.05) is 29.2 Å². The summed E-state index contributed by atoms with van der Waals surface area (Å²) in [6.45, 7) is 6.44. The van der Waals surface area contributed by atoms with Gasteiger partial charge in [0.25, 0.3) is 0 Å². The minimum Gasteiger partial charge on any atom is -0.457 e. The van der Waals surface area contributed by atoms with E-state index in [1.54, 1.807) is 19.1 Å². The summed E-state index contributed by atoms with van der Waals surface area (Å²) < 4.78 is 19.4. The number of rotatable bonds is 5. The van der Waals surface area contributed by atoms with Crippen molar-refractivity contribution < 1.29 is 9.13 Å². The molecule has 0 saturated heterocycles. The van der Waals surface area contributed by atoms with Crippen LogP contribution in [-0.2, 0) is 6.54 Å². The van der Waals surface area contributed by atoms with Gasteiger partial charge >= 0.3 is 0 Å². The van der Waals surface area contributed by atoms with E-state index in [1.807, 2.05) is 18.2 Å². The fourth-order valence-electron chi connectivity index (χ4n) is 1.88. The zero-order chi connectivity index (χ0) is 15.4. The van der Waals surface area contributed by atoms with Crippen molar-refractivity contribution in [2.75, 3.05) is 0 Å². The van der Waals surface area contributed by atoms with E-state index in [4.69, 9.17) is 16.3 Å². The Morgan fingerprint density at radius 3 is 2.67 bits per heavy atom. The van der Waals surface area contributed by atoms with Crippen LogP contribution in [0, 0.1) is 12.7 Å². The molecule has 0 heterocycles. The number of hydrogen-bond donors (Lipinski definition) is 1. The lowest BCUT2D eigenvalue weighted by Gasteiger charge is -2.15. The minimum absolute atomic E-state index is 0.281. The maximum Gasteiger partial charge on any atom is 0.133 e. The van der Waals surface area contributed by atoms with Gasteiger partial charge in [0.05, 0.1) is 0 Å². The molecule has 2 rings (SSSR count). The molecular weight excluding hydrogens is 289 g/mol. The third-order valence-corrected chi connectivity index (χ3v) is 3.49. The van der Waals surface area contributed by atoms with Crippen molar-refractivity contribution in [2.45, 2.75) is 33.4 Å². The second kappa shape index (κ2) is 6.92. The summed E-state index contributed by atoms with van der Waals surface area (Å²) in [5.74, 6) is 0.821. The largest absolute Gasteiger partial charge is 0.457 e. The SMILES string of the molecule is Cc1ccc(Oc2cccc(Cl)c2CNC(C)C)cc1F. The van der Waals surface area contributed by atoms with Crippen molar-refractivity contribution in [1.82, 2.24) is 5.32 Å². The quantitative estimate of drug-likeness (QED) is 0.832. The molecule has 2 aromatic rings. The summed E-state index contributed by atoms with van der Waals surface area (Å²) in [5, 5.41) is 3.94. The number of benzene rings is 2. The van der Waals surface area contributed by atoms with E-state index in [0.29, 0.717) is 34.7 Å². The number of ether oxygens (including phenoxy) is 1. The van der Waals surface area contributed by atoms with Crippen molar-refractivity contribution in [3.8, 4) is 11.5 Å². The Bertz CT molecular complexity index is 628. The van der Waals surface area contributed by atoms with Crippen LogP contribution in [0.1, 0.15) is 25.0 Å². The van der Waals surface area contributed by atoms with Crippen molar-refractivity contribution in [1.29, 1.82) is 0 Å². The number of hydrogen-bond acceptors (Lipinski definition) is 2. The van der Waals surface area contributed by atoms with Gasteiger partial charge in [-0.2, -0.15) is 0 Å². The Kier molecular flexibility index (Phi) is 5.21. The van der Waals surface area contributed by atoms with Crippen LogP contribution in [0.15, 0.2) is 36.4 Å². The molecule has 0 unspecified atom stereocenters. The molecule has 0 aromatic heterocycles. The average Bonchev–Trinajstić information content (AvgIpc) is 2.42. The first-order valence-corrected chi connectivity index (χ1v) is 7.30. The third-order valence-electron chi connectivity index (χ3n) is 3.13. The van der Waals surface area contributed by atoms with Gasteiger partial charge in [0.15, 0.2) is 0 Å². The predicted octanol–water partition coefficient (Wildman–Crippen LogP) is 5.08. The monoisotopic (exact) mass is 307 g/mol. The first kappa shape index (κ1) is 15.8. The summed E-state index contributed by atoms with van der Waals surface area (Å²) in [6, 6.07) is 10.6. The lowest BCUT2D eigenvalue weighted by molar-refractivity contribution is 0.464. The molecule has 0 bridgehead atoms. The predicted molar refractivity (Wildman–Crippen MR) is 84.6 cm³/mol. The van der Waals surface area contributed by atoms with E-state index in [9.17, 15) is 4.39 Å². The summed E-state index contributed by atoms with van der Waals surface area (Å²) in [7, 11) is 0. The highest BCUT2D eigenvalue weighted by atomic mass is 35.5. The van der Waals surface area contributed by atoms with E-state index < -0.39 is 0 Å². The Morgan fingerprint density at radius 1 is 1.24 bits per heavy atom. The second-order valence-electron chi connectivity index (χ2n) is 5.27. The average molecular weight is 308 g/mol. The molecule has 2 aromatic carbocycles. The lowest BCUT2D eigenvalue weighted by Crippen LogP contribution is -2.22. The summed E-state index contributed by atoms with van der Waals surface area (Å²) in [4.78, 5) is 0. The molecular formula is C17H19ClFNO. The van der Waals surface area contributed by atoms with Crippen LogP contribution in [0.5, 0.6) is 11.5 Å². The smallest absolute Gasteiger partial charge is 0.133 e. The molecule has 2 nitrogen and oxygen atoms in total. The molecule has 21 heavy (non-hydrogen) atoms. The van der Waals surface area contributed by atoms with Crippen molar-refractivity contribution in [3.63, 3.8) is 0 Å². The zero-order valence-corrected chi connectivity index (χ0v) is 13.2. The lowest BCUT2D eigenvalue weighted by atomic mass is 10.2. The Labute approximate surface area is 129 Å². The first-order chi connectivity index (χ1) is 9.97. The van der Waals surface area contributed by atoms with Crippen molar-refractivity contribution >= 4 is 11.6 Å². The maximum absolute atomic E-state index is 13.6. The van der Waals surface area contributed by atoms with Gasteiger partial charge in [-0.15, -0.1) is 0 Å². The molecule has 112 valence electrons. The van der Waals surface area contributed by atoms with Gasteiger partial charge in [-0.1, -0.05) is 37.6 Å². The highest BCUT2D eigenvalue weighted by Gasteiger charge is 2.10. The van der Waals surface area contributed by atoms with Crippen LogP contribution in [0.25, 0.3) is 0 Å². The number of aryl methyl sites for hydroxylation is 1. The summed E-state index contributed by atoms with van der Waals surface area (Å²) >= 11 is 6.24. The fraction of sp³-hybridized carbons (Fsp3) is 0.294. The van der Waals surface area contributed by atoms with E-state index in [-0.39, 0.29) is 5.82 Å². The van der Waals surface area contributed by atoms with E-state index in [0.717, 1.165) is 5.56 Å². The molecule has 4 heteroatoms. The normalized spacial score (nSPS) is 11.0. The van der Waals surface area contributed by atoms with Crippen molar-refractivity contribution in [3.05, 3.63) is 58.4 Å². The topological polar surface area (TPSA) is 21.3 Å². The molecule has 0 aliphatic carbocycles. The standard InChI is InChI=1S/C17H19ClFNO/c1-11(2)20-10-14-15(18)5-4-6-17(14)21-13-8-7-12(3)16(19)9-13/h4-9,11,20H,10H2,1-3H3. The molecule has 0 amide bonds. The van der Waals surface area contributed by atoms with E-state index in [1.165, 1.54) is 6.07 Å². The Balaban J connectivity index is 2.26. The van der Waals surface area contributed by atoms with Crippen LogP contribution in [0.3, 0.4) is 0 Å². The van der Waals surface area contributed by atoms with Crippen LogP contribution < -0.4 is 10.1 Å². The van der Waals surface area contributed by atoms with Gasteiger partial charge < -0.3 is 10.1 Å². The van der Waals surface area contributed by atoms with E-state index >= 15 is 0 Å². The zero-order valence-electron chi connectivity index (χ0n) is 12.4. The number of nitrogens with one attached hydrogen (secondary N) is 1. The molecule has 0 fully saturated rings. The van der Waals surface area contributed by atoms with Crippen LogP contribution in [0.4, 0.5) is 4.39 Å². The van der Waals surface area contributed by atoms with Crippen LogP contribution in [0.2, 0.25) is 5.02 Å². The van der Waals surface area contributed by atoms with Crippen LogP contribution in [-0.4, -0.2) is 6.04 Å². The van der Waals surface area contributed by atoms with Gasteiger partial charge in [0.1, 0.15) is 17.3 Å². The van der Waals surface area contributed by atoms with Crippen LogP contribution >= 0.6 is 11.6 Å². The Hall–Kier alpha value is -1.58. The number of halogens is 2. The highest BCUT2D eigenvalue weighted by molar-refractivity contribution is 6.31. The Morgan fingerprint density at radius 2 is 2.00 bits per heavy atom. The fourth-order valence-corrected chi connectivity index (χ4v) is 2.11. The second-order valence-corrected chi connectivity index (χ2v) is 5.67. The molecule has 0 saturated carbocycles. The van der Waals surface area contributed by atoms with E-state index in [2.05, 4.69) is 19.2 Å². The molecule has 0 atom stereocenters. The molecule has 1 N–H and O–H groups in total. The first-order valence-electron chi connectivity index (χ1n) is 6.92. The molecule has 0 radical (unpaired) electrons. The van der Waals surface area contributed by atoms with Crippen molar-refractivity contribution in [2.24, 2.45) is 0 Å². The summed E-state index contributed by atoms with van der Waals surface area (Å²) in [6.07, 6.45) is 0. The van der Waals surface area contributed by atoms with Gasteiger partial charge in [-0.25, -0.2) is 4.39 Å². The molecule has 0 aliphatic rings. The van der Waals surface area contributed by atoms with Gasteiger partial charge in [-0.05, 0) is 30.7 Å². The maximum atomic E-state index is 13.6. The molecule has 0 aliphatic heterocycles. The highest BCUT2D eigenvalue weighted by Crippen LogP contribution is 2.31. The van der Waals surface area contributed by atoms with Gasteiger partial charge in [-0.3, -0.25) is 0 Å². The summed E-state index contributed by atoms with van der Waals surface area (Å²) in [5.41, 5.74) is 1.46. The van der Waals surface area contributed by atoms with Gasteiger partial charge in [0.2, 0.25) is 0 Å².